The van der Waals surface area contributed by atoms with Crippen LogP contribution in [0.3, 0.4) is 0 Å². The molecular weight excluding hydrogens is 388 g/mol. The van der Waals surface area contributed by atoms with Crippen LogP contribution in [0.15, 0.2) is 58.3 Å². The van der Waals surface area contributed by atoms with Crippen molar-refractivity contribution in [3.8, 4) is 0 Å². The van der Waals surface area contributed by atoms with Gasteiger partial charge < -0.3 is 9.64 Å². The average Bonchev–Trinajstić information content (AvgIpc) is 2.62. The molecule has 0 unspecified atom stereocenters. The number of nitrogens with one attached hydrogen (secondary N) is 1. The molecule has 1 N–H and O–H groups in total. The Morgan fingerprint density at radius 1 is 1.11 bits per heavy atom. The number of thioether (sulfide) groups is 1. The predicted molar refractivity (Wildman–Crippen MR) is 105 cm³/mol. The first-order valence-electron chi connectivity index (χ1n) is 8.02. The van der Waals surface area contributed by atoms with Gasteiger partial charge in [0.2, 0.25) is 0 Å². The number of amides is 1. The maximum atomic E-state index is 12.5. The third kappa shape index (κ3) is 5.73. The second-order valence-corrected chi connectivity index (χ2v) is 8.35. The molecule has 0 spiro atoms. The molecule has 2 aromatic rings. The van der Waals surface area contributed by atoms with Gasteiger partial charge in [0.05, 0.1) is 17.1 Å². The summed E-state index contributed by atoms with van der Waals surface area (Å²) in [6.45, 7) is 1.93. The topological polar surface area (TPSA) is 92.8 Å². The lowest BCUT2D eigenvalue weighted by Crippen LogP contribution is -2.16. The van der Waals surface area contributed by atoms with Gasteiger partial charge >= 0.3 is 5.97 Å². The molecule has 27 heavy (non-hydrogen) atoms. The molecule has 0 aliphatic carbocycles. The van der Waals surface area contributed by atoms with Crippen LogP contribution in [0, 0.1) is 0 Å². The number of ether oxygens (including phenoxy) is 1. The lowest BCUT2D eigenvalue weighted by atomic mass is 10.2. The molecule has 7 nitrogen and oxygen atoms in total. The van der Waals surface area contributed by atoms with Crippen LogP contribution in [0.5, 0.6) is 0 Å². The Bertz CT molecular complexity index is 925. The monoisotopic (exact) mass is 408 g/mol. The minimum atomic E-state index is -3.84. The van der Waals surface area contributed by atoms with E-state index >= 15 is 0 Å². The maximum absolute atomic E-state index is 12.5. The van der Waals surface area contributed by atoms with Crippen molar-refractivity contribution >= 4 is 38.7 Å². The van der Waals surface area contributed by atoms with Gasteiger partial charge in [0, 0.05) is 24.7 Å². The fraction of sp³-hybridized carbons (Fsp3) is 0.222. The zero-order valence-corrected chi connectivity index (χ0v) is 16.8. The highest BCUT2D eigenvalue weighted by molar-refractivity contribution is 8.13. The first-order valence-corrected chi connectivity index (χ1v) is 10.3. The Morgan fingerprint density at radius 2 is 1.78 bits per heavy atom. The van der Waals surface area contributed by atoms with E-state index in [2.05, 4.69) is 4.72 Å². The Morgan fingerprint density at radius 3 is 2.37 bits per heavy atom. The summed E-state index contributed by atoms with van der Waals surface area (Å²) < 4.78 is 32.4. The predicted octanol–water partition coefficient (Wildman–Crippen LogP) is 3.44. The van der Waals surface area contributed by atoms with Crippen molar-refractivity contribution in [2.24, 2.45) is 0 Å². The number of anilines is 1. The van der Waals surface area contributed by atoms with Crippen molar-refractivity contribution in [3.05, 3.63) is 54.1 Å². The van der Waals surface area contributed by atoms with Crippen LogP contribution >= 0.6 is 11.8 Å². The van der Waals surface area contributed by atoms with Gasteiger partial charge in [0.1, 0.15) is 0 Å². The molecule has 0 saturated carbocycles. The largest absolute Gasteiger partial charge is 0.462 e. The molecule has 0 saturated heterocycles. The number of carbonyl (C=O) groups is 2. The summed E-state index contributed by atoms with van der Waals surface area (Å²) in [5, 5.41) is -0.162. The van der Waals surface area contributed by atoms with Gasteiger partial charge in [-0.3, -0.25) is 9.52 Å². The van der Waals surface area contributed by atoms with Crippen molar-refractivity contribution < 1.29 is 22.7 Å². The zero-order valence-electron chi connectivity index (χ0n) is 15.1. The maximum Gasteiger partial charge on any atom is 0.338 e. The molecule has 0 radical (unpaired) electrons. The number of nitrogens with zero attached hydrogens (tertiary/aromatic N) is 1. The molecule has 0 fully saturated rings. The van der Waals surface area contributed by atoms with E-state index in [1.54, 1.807) is 45.3 Å². The molecule has 144 valence electrons. The molecular formula is C18H20N2O5S2. The molecule has 2 aromatic carbocycles. The minimum Gasteiger partial charge on any atom is -0.462 e. The fourth-order valence-electron chi connectivity index (χ4n) is 2.01. The van der Waals surface area contributed by atoms with Crippen LogP contribution in [-0.4, -0.2) is 45.2 Å². The van der Waals surface area contributed by atoms with Crippen LogP contribution in [0.25, 0.3) is 0 Å². The number of esters is 1. The number of carbonyl (C=O) groups excluding carboxylic acids is 2. The first kappa shape index (κ1) is 20.8. The molecule has 0 bridgehead atoms. The van der Waals surface area contributed by atoms with Crippen molar-refractivity contribution in [3.63, 3.8) is 0 Å². The van der Waals surface area contributed by atoms with Gasteiger partial charge in [-0.1, -0.05) is 6.07 Å². The van der Waals surface area contributed by atoms with Gasteiger partial charge in [0.15, 0.2) is 0 Å². The molecule has 0 aromatic heterocycles. The number of rotatable bonds is 6. The van der Waals surface area contributed by atoms with E-state index in [4.69, 9.17) is 4.74 Å². The number of hydrogen-bond donors (Lipinski definition) is 1. The fourth-order valence-corrected chi connectivity index (χ4v) is 3.78. The van der Waals surface area contributed by atoms with Crippen molar-refractivity contribution in [1.29, 1.82) is 0 Å². The van der Waals surface area contributed by atoms with Crippen LogP contribution < -0.4 is 4.72 Å². The normalized spacial score (nSPS) is 10.9. The van der Waals surface area contributed by atoms with Gasteiger partial charge in [-0.15, -0.1) is 0 Å². The molecule has 0 heterocycles. The van der Waals surface area contributed by atoms with Gasteiger partial charge in [-0.25, -0.2) is 13.2 Å². The smallest absolute Gasteiger partial charge is 0.338 e. The summed E-state index contributed by atoms with van der Waals surface area (Å²) >= 11 is 0.998. The summed E-state index contributed by atoms with van der Waals surface area (Å²) in [6.07, 6.45) is 0. The van der Waals surface area contributed by atoms with Crippen LogP contribution in [0.2, 0.25) is 0 Å². The molecule has 2 rings (SSSR count). The summed E-state index contributed by atoms with van der Waals surface area (Å²) in [5.74, 6) is -0.510. The third-order valence-corrected chi connectivity index (χ3v) is 5.76. The minimum absolute atomic E-state index is 0.0120. The molecule has 0 atom stereocenters. The Hall–Kier alpha value is -2.52. The number of sulfonamides is 1. The summed E-state index contributed by atoms with van der Waals surface area (Å²) in [5.41, 5.74) is 0.609. The van der Waals surface area contributed by atoms with Crippen molar-refractivity contribution in [1.82, 2.24) is 4.90 Å². The summed E-state index contributed by atoms with van der Waals surface area (Å²) in [4.78, 5) is 25.5. The highest BCUT2D eigenvalue weighted by Crippen LogP contribution is 2.25. The van der Waals surface area contributed by atoms with Gasteiger partial charge in [-0.05, 0) is 61.2 Å². The highest BCUT2D eigenvalue weighted by Gasteiger charge is 2.16. The third-order valence-electron chi connectivity index (χ3n) is 3.33. The van der Waals surface area contributed by atoms with Crippen LogP contribution in [-0.2, 0) is 14.8 Å². The molecule has 1 amide bonds. The standard InChI is InChI=1S/C18H20N2O5S2/c1-4-25-17(21)13-8-10-16(11-9-13)27(23,24)19-14-6-5-7-15(12-14)26-18(22)20(2)3/h5-12,19H,4H2,1-3H3. The average molecular weight is 409 g/mol. The van der Waals surface area contributed by atoms with Gasteiger partial charge in [-0.2, -0.15) is 0 Å². The Kier molecular flexibility index (Phi) is 6.86. The van der Waals surface area contributed by atoms with E-state index < -0.39 is 16.0 Å². The van der Waals surface area contributed by atoms with E-state index in [-0.39, 0.29) is 22.3 Å². The number of hydrogen-bond acceptors (Lipinski definition) is 6. The number of benzene rings is 2. The van der Waals surface area contributed by atoms with E-state index in [1.165, 1.54) is 29.2 Å². The van der Waals surface area contributed by atoms with Crippen LogP contribution in [0.4, 0.5) is 10.5 Å². The molecule has 0 aliphatic rings. The van der Waals surface area contributed by atoms with Gasteiger partial charge in [0.25, 0.3) is 15.3 Å². The lowest BCUT2D eigenvalue weighted by Gasteiger charge is -2.11. The van der Waals surface area contributed by atoms with Crippen molar-refractivity contribution in [2.75, 3.05) is 25.4 Å². The second-order valence-electron chi connectivity index (χ2n) is 5.64. The zero-order chi connectivity index (χ0) is 20.0. The van der Waals surface area contributed by atoms with Crippen LogP contribution in [0.1, 0.15) is 17.3 Å². The quantitative estimate of drug-likeness (QED) is 0.581. The summed E-state index contributed by atoms with van der Waals surface area (Å²) in [7, 11) is -0.555. The SMILES string of the molecule is CCOC(=O)c1ccc(S(=O)(=O)Nc2cccc(SC(=O)N(C)C)c2)cc1. The molecule has 0 aliphatic heterocycles. The first-order chi connectivity index (χ1) is 12.7. The van der Waals surface area contributed by atoms with E-state index in [0.717, 1.165) is 11.8 Å². The second kappa shape index (κ2) is 8.92. The highest BCUT2D eigenvalue weighted by atomic mass is 32.2. The van der Waals surface area contributed by atoms with E-state index in [1.807, 2.05) is 0 Å². The lowest BCUT2D eigenvalue weighted by molar-refractivity contribution is 0.0526. The van der Waals surface area contributed by atoms with Crippen molar-refractivity contribution in [2.45, 2.75) is 16.7 Å². The Balaban J connectivity index is 2.16. The Labute approximate surface area is 162 Å². The summed E-state index contributed by atoms with van der Waals surface area (Å²) in [6, 6.07) is 12.0. The molecule has 9 heteroatoms. The van der Waals surface area contributed by atoms with E-state index in [0.29, 0.717) is 10.6 Å². The van der Waals surface area contributed by atoms with E-state index in [9.17, 15) is 18.0 Å².